The Morgan fingerprint density at radius 1 is 0.962 bits per heavy atom. The number of ether oxygens (including phenoxy) is 2. The monoisotopic (exact) mass is 497 g/mol. The van der Waals surface area contributed by atoms with Crippen molar-refractivity contribution in [3.05, 3.63) is 55.5 Å². The average Bonchev–Trinajstić information content (AvgIpc) is 2.56. The van der Waals surface area contributed by atoms with Gasteiger partial charge in [0.2, 0.25) is 0 Å². The molecule has 0 bridgehead atoms. The van der Waals surface area contributed by atoms with Gasteiger partial charge in [0.05, 0.1) is 19.8 Å². The van der Waals surface area contributed by atoms with E-state index in [1.807, 2.05) is 0 Å². The molecule has 0 aliphatic rings. The van der Waals surface area contributed by atoms with Crippen LogP contribution in [-0.2, 0) is 0 Å². The van der Waals surface area contributed by atoms with Crippen LogP contribution in [0.1, 0.15) is 15.9 Å². The van der Waals surface area contributed by atoms with E-state index in [0.29, 0.717) is 6.29 Å². The van der Waals surface area contributed by atoms with E-state index >= 15 is 0 Å². The lowest BCUT2D eigenvalue weighted by molar-refractivity contribution is 0.111. The third kappa shape index (κ3) is 4.53. The molecule has 0 aromatic heterocycles. The summed E-state index contributed by atoms with van der Waals surface area (Å²) in [6.07, 6.45) is 0.293. The van der Waals surface area contributed by atoms with Gasteiger partial charge in [0.1, 0.15) is 11.6 Å². The van der Waals surface area contributed by atoms with Gasteiger partial charge in [-0.05, 0) is 44.0 Å². The SMILES string of the molecule is COc1c(F)cc(Br)c(C#N)c1F.COc1c(F)cc(Br)c(C=O)c1F. The van der Waals surface area contributed by atoms with Crippen LogP contribution in [0.15, 0.2) is 21.1 Å². The molecule has 0 fully saturated rings. The Labute approximate surface area is 162 Å². The van der Waals surface area contributed by atoms with E-state index in [1.165, 1.54) is 0 Å². The standard InChI is InChI=1S/C8H4BrF2NO.C8H5BrF2O2/c2*1-13-8-6(10)2-5(9)4(3-12)7(8)11/h2H,1H3;2-3H,1H3. The van der Waals surface area contributed by atoms with Gasteiger partial charge in [-0.15, -0.1) is 0 Å². The molecule has 0 saturated carbocycles. The van der Waals surface area contributed by atoms with Gasteiger partial charge in [-0.2, -0.15) is 5.26 Å². The first kappa shape index (κ1) is 21.9. The molecule has 2 aromatic carbocycles. The molecule has 10 heteroatoms. The number of methoxy groups -OCH3 is 2. The highest BCUT2D eigenvalue weighted by Crippen LogP contribution is 2.30. The van der Waals surface area contributed by atoms with Crippen molar-refractivity contribution in [1.82, 2.24) is 0 Å². The lowest BCUT2D eigenvalue weighted by atomic mass is 10.2. The number of benzene rings is 2. The number of hydrogen-bond donors (Lipinski definition) is 0. The molecule has 0 saturated heterocycles. The number of aldehydes is 1. The summed E-state index contributed by atoms with van der Waals surface area (Å²) in [6.45, 7) is 0. The largest absolute Gasteiger partial charge is 0.491 e. The van der Waals surface area contributed by atoms with Crippen LogP contribution in [0.4, 0.5) is 17.6 Å². The van der Waals surface area contributed by atoms with Crippen molar-refractivity contribution in [2.45, 2.75) is 0 Å². The van der Waals surface area contributed by atoms with E-state index in [4.69, 9.17) is 5.26 Å². The van der Waals surface area contributed by atoms with Gasteiger partial charge in [0.15, 0.2) is 41.1 Å². The van der Waals surface area contributed by atoms with Crippen LogP contribution >= 0.6 is 31.9 Å². The van der Waals surface area contributed by atoms with E-state index < -0.39 is 34.8 Å². The molecule has 0 heterocycles. The lowest BCUT2D eigenvalue weighted by Crippen LogP contribution is -1.98. The maximum atomic E-state index is 13.2. The van der Waals surface area contributed by atoms with Gasteiger partial charge in [0, 0.05) is 8.95 Å². The molecule has 0 aliphatic heterocycles. The fraction of sp³-hybridized carbons (Fsp3) is 0.125. The van der Waals surface area contributed by atoms with Crippen LogP contribution in [0.5, 0.6) is 11.5 Å². The van der Waals surface area contributed by atoms with Crippen molar-refractivity contribution < 1.29 is 31.8 Å². The van der Waals surface area contributed by atoms with Gasteiger partial charge < -0.3 is 9.47 Å². The van der Waals surface area contributed by atoms with Gasteiger partial charge in [-0.25, -0.2) is 17.6 Å². The van der Waals surface area contributed by atoms with Crippen molar-refractivity contribution in [3.8, 4) is 17.6 Å². The molecule has 4 nitrogen and oxygen atoms in total. The predicted molar refractivity (Wildman–Crippen MR) is 91.3 cm³/mol. The number of halogens is 6. The Kier molecular flexibility index (Phi) is 8.05. The molecule has 26 heavy (non-hydrogen) atoms. The first-order chi connectivity index (χ1) is 12.2. The quantitative estimate of drug-likeness (QED) is 0.433. The molecule has 0 aliphatic carbocycles. The molecule has 138 valence electrons. The highest BCUT2D eigenvalue weighted by atomic mass is 79.9. The third-order valence-corrected chi connectivity index (χ3v) is 4.21. The highest BCUT2D eigenvalue weighted by Gasteiger charge is 2.18. The second-order valence-corrected chi connectivity index (χ2v) is 6.10. The zero-order valence-corrected chi connectivity index (χ0v) is 16.3. The summed E-state index contributed by atoms with van der Waals surface area (Å²) in [5.41, 5.74) is -0.517. The minimum absolute atomic E-state index is 0.0679. The first-order valence-corrected chi connectivity index (χ1v) is 8.10. The third-order valence-electron chi connectivity index (χ3n) is 2.93. The molecule has 2 aromatic rings. The minimum atomic E-state index is -0.996. The van der Waals surface area contributed by atoms with Crippen molar-refractivity contribution >= 4 is 38.1 Å². The second kappa shape index (κ2) is 9.54. The highest BCUT2D eigenvalue weighted by molar-refractivity contribution is 9.10. The molecule has 0 unspecified atom stereocenters. The topological polar surface area (TPSA) is 59.3 Å². The summed E-state index contributed by atoms with van der Waals surface area (Å²) < 4.78 is 61.2. The molecule has 0 atom stereocenters. The number of carbonyl (C=O) groups is 1. The fourth-order valence-corrected chi connectivity index (χ4v) is 2.68. The van der Waals surface area contributed by atoms with Crippen LogP contribution in [0.25, 0.3) is 0 Å². The van der Waals surface area contributed by atoms with Gasteiger partial charge >= 0.3 is 0 Å². The summed E-state index contributed by atoms with van der Waals surface area (Å²) in [5, 5.41) is 8.51. The van der Waals surface area contributed by atoms with Crippen LogP contribution in [-0.4, -0.2) is 20.5 Å². The Balaban J connectivity index is 0.000000260. The summed E-state index contributed by atoms with van der Waals surface area (Å²) >= 11 is 5.72. The number of carbonyl (C=O) groups excluding carboxylic acids is 1. The summed E-state index contributed by atoms with van der Waals surface area (Å²) in [6, 6.07) is 3.56. The number of nitrogens with zero attached hydrogens (tertiary/aromatic N) is 1. The minimum Gasteiger partial charge on any atom is -0.491 e. The maximum Gasteiger partial charge on any atom is 0.191 e. The molecule has 0 radical (unpaired) electrons. The van der Waals surface area contributed by atoms with Crippen LogP contribution in [0, 0.1) is 34.6 Å². The molecule has 2 rings (SSSR count). The van der Waals surface area contributed by atoms with Crippen molar-refractivity contribution in [3.63, 3.8) is 0 Å². The van der Waals surface area contributed by atoms with Crippen molar-refractivity contribution in [2.24, 2.45) is 0 Å². The molecule has 0 amide bonds. The molecular weight excluding hydrogens is 490 g/mol. The summed E-state index contributed by atoms with van der Waals surface area (Å²) in [4.78, 5) is 10.4. The van der Waals surface area contributed by atoms with Crippen molar-refractivity contribution in [2.75, 3.05) is 14.2 Å². The Morgan fingerprint density at radius 2 is 1.42 bits per heavy atom. The Hall–Kier alpha value is -2.12. The number of hydrogen-bond acceptors (Lipinski definition) is 4. The Bertz CT molecular complexity index is 885. The van der Waals surface area contributed by atoms with Crippen LogP contribution in [0.3, 0.4) is 0 Å². The van der Waals surface area contributed by atoms with Crippen molar-refractivity contribution in [1.29, 1.82) is 5.26 Å². The van der Waals surface area contributed by atoms with Crippen LogP contribution in [0.2, 0.25) is 0 Å². The average molecular weight is 499 g/mol. The zero-order valence-electron chi connectivity index (χ0n) is 13.2. The van der Waals surface area contributed by atoms with Gasteiger partial charge in [-0.3, -0.25) is 4.79 Å². The van der Waals surface area contributed by atoms with E-state index in [2.05, 4.69) is 41.3 Å². The first-order valence-electron chi connectivity index (χ1n) is 6.51. The summed E-state index contributed by atoms with van der Waals surface area (Å²) in [7, 11) is 2.26. The number of nitriles is 1. The van der Waals surface area contributed by atoms with Crippen LogP contribution < -0.4 is 9.47 Å². The van der Waals surface area contributed by atoms with Gasteiger partial charge in [0.25, 0.3) is 0 Å². The molecule has 0 spiro atoms. The Morgan fingerprint density at radius 3 is 1.85 bits per heavy atom. The fourth-order valence-electron chi connectivity index (χ4n) is 1.74. The normalized spacial score (nSPS) is 9.65. The van der Waals surface area contributed by atoms with E-state index in [9.17, 15) is 22.4 Å². The summed E-state index contributed by atoms with van der Waals surface area (Å²) in [5.74, 6) is -4.77. The second-order valence-electron chi connectivity index (χ2n) is 4.39. The van der Waals surface area contributed by atoms with E-state index in [-0.39, 0.29) is 20.1 Å². The van der Waals surface area contributed by atoms with Gasteiger partial charge in [-0.1, -0.05) is 0 Å². The van der Waals surface area contributed by atoms with E-state index in [0.717, 1.165) is 26.4 Å². The smallest absolute Gasteiger partial charge is 0.191 e. The van der Waals surface area contributed by atoms with E-state index in [1.54, 1.807) is 6.07 Å². The maximum absolute atomic E-state index is 13.2. The predicted octanol–water partition coefficient (Wildman–Crippen LogP) is 5.16. The lowest BCUT2D eigenvalue weighted by Gasteiger charge is -2.06. The molecular formula is C16H9Br2F4NO3. The molecule has 0 N–H and O–H groups in total. The zero-order chi connectivity index (χ0) is 20.0. The number of rotatable bonds is 3.